The Kier molecular flexibility index (Phi) is 6.03. The Labute approximate surface area is 186 Å². The van der Waals surface area contributed by atoms with Crippen LogP contribution >= 0.6 is 0 Å². The average molecular weight is 431 g/mol. The summed E-state index contributed by atoms with van der Waals surface area (Å²) in [5, 5.41) is 10.5. The van der Waals surface area contributed by atoms with E-state index in [4.69, 9.17) is 20.6 Å². The van der Waals surface area contributed by atoms with Crippen LogP contribution in [0.2, 0.25) is 0 Å². The van der Waals surface area contributed by atoms with Gasteiger partial charge in [-0.2, -0.15) is 0 Å². The van der Waals surface area contributed by atoms with Crippen molar-refractivity contribution in [2.75, 3.05) is 18.1 Å². The van der Waals surface area contributed by atoms with Crippen LogP contribution in [-0.2, 0) is 12.8 Å². The summed E-state index contributed by atoms with van der Waals surface area (Å²) in [5.41, 5.74) is 14.3. The third-order valence-electron chi connectivity index (χ3n) is 5.37. The maximum absolute atomic E-state index is 13.4. The minimum atomic E-state index is -0.247. The van der Waals surface area contributed by atoms with Crippen molar-refractivity contribution in [3.05, 3.63) is 83.1 Å². The Morgan fingerprint density at radius 3 is 2.41 bits per heavy atom. The van der Waals surface area contributed by atoms with E-state index in [0.717, 1.165) is 12.8 Å². The predicted octanol–water partition coefficient (Wildman–Crippen LogP) is 5.11. The van der Waals surface area contributed by atoms with Crippen molar-refractivity contribution in [1.29, 1.82) is 0 Å². The third-order valence-corrected chi connectivity index (χ3v) is 5.37. The van der Waals surface area contributed by atoms with Gasteiger partial charge in [-0.3, -0.25) is 4.79 Å². The number of nitrogens with two attached hydrogens (primary N) is 2. The van der Waals surface area contributed by atoms with E-state index in [0.29, 0.717) is 46.6 Å². The number of hydrogen-bond acceptors (Lipinski definition) is 6. The Bertz CT molecular complexity index is 1240. The van der Waals surface area contributed by atoms with Gasteiger partial charge in [0.1, 0.15) is 17.1 Å². The maximum Gasteiger partial charge on any atom is 0.197 e. The van der Waals surface area contributed by atoms with E-state index in [9.17, 15) is 9.90 Å². The zero-order valence-corrected chi connectivity index (χ0v) is 17.9. The molecule has 0 spiro atoms. The van der Waals surface area contributed by atoms with Crippen molar-refractivity contribution < 1.29 is 19.1 Å². The molecule has 0 atom stereocenters. The third kappa shape index (κ3) is 4.25. The number of furan rings is 1. The molecule has 4 rings (SSSR count). The fraction of sp³-hybridized carbons (Fsp3) is 0.192. The number of fused-ring (bicyclic) bond motifs is 1. The van der Waals surface area contributed by atoms with Crippen molar-refractivity contribution in [3.8, 4) is 11.5 Å². The Balaban J connectivity index is 1.63. The van der Waals surface area contributed by atoms with Gasteiger partial charge in [0.05, 0.1) is 23.5 Å². The SMILES string of the molecule is CCCc1oc2cc(OCCc3ccccc3)ccc2c1C(=O)c1cc(N)c(O)c(N)c1. The van der Waals surface area contributed by atoms with Gasteiger partial charge >= 0.3 is 0 Å². The van der Waals surface area contributed by atoms with Crippen LogP contribution in [0.15, 0.2) is 65.1 Å². The topological polar surface area (TPSA) is 112 Å². The number of hydrogen-bond donors (Lipinski definition) is 3. The normalized spacial score (nSPS) is 11.0. The van der Waals surface area contributed by atoms with E-state index in [1.807, 2.05) is 43.3 Å². The zero-order chi connectivity index (χ0) is 22.7. The molecule has 0 unspecified atom stereocenters. The van der Waals surface area contributed by atoms with Crippen LogP contribution in [0.4, 0.5) is 11.4 Å². The van der Waals surface area contributed by atoms with Crippen LogP contribution < -0.4 is 16.2 Å². The number of carbonyl (C=O) groups is 1. The van der Waals surface area contributed by atoms with Gasteiger partial charge in [0, 0.05) is 29.9 Å². The number of aryl methyl sites for hydroxylation is 1. The maximum atomic E-state index is 13.4. The van der Waals surface area contributed by atoms with E-state index in [-0.39, 0.29) is 22.9 Å². The Morgan fingerprint density at radius 1 is 1.00 bits per heavy atom. The molecule has 0 aliphatic carbocycles. The molecule has 0 aliphatic heterocycles. The van der Waals surface area contributed by atoms with Crippen molar-refractivity contribution in [2.45, 2.75) is 26.2 Å². The molecule has 1 aromatic heterocycles. The Hall–Kier alpha value is -3.93. The quantitative estimate of drug-likeness (QED) is 0.203. The molecule has 164 valence electrons. The van der Waals surface area contributed by atoms with Crippen LogP contribution in [-0.4, -0.2) is 17.5 Å². The molecule has 0 saturated heterocycles. The van der Waals surface area contributed by atoms with Gasteiger partial charge in [0.25, 0.3) is 0 Å². The number of rotatable bonds is 8. The average Bonchev–Trinajstić information content (AvgIpc) is 3.14. The number of aromatic hydroxyl groups is 1. The minimum Gasteiger partial charge on any atom is -0.504 e. The molecule has 0 aliphatic rings. The largest absolute Gasteiger partial charge is 0.504 e. The first-order valence-electron chi connectivity index (χ1n) is 10.6. The first-order valence-corrected chi connectivity index (χ1v) is 10.6. The van der Waals surface area contributed by atoms with Gasteiger partial charge in [-0.15, -0.1) is 0 Å². The number of phenolic OH excluding ortho intramolecular Hbond substituents is 1. The highest BCUT2D eigenvalue weighted by atomic mass is 16.5. The number of carbonyl (C=O) groups excluding carboxylic acids is 1. The second-order valence-corrected chi connectivity index (χ2v) is 7.72. The molecule has 1 heterocycles. The van der Waals surface area contributed by atoms with Crippen LogP contribution in [0, 0.1) is 0 Å². The minimum absolute atomic E-state index is 0.0623. The standard InChI is InChI=1S/C26H26N2O4/c1-2-6-22-24(25(29)17-13-20(27)26(30)21(28)14-17)19-10-9-18(15-23(19)32-22)31-12-11-16-7-4-3-5-8-16/h3-5,7-10,13-15,30H,2,6,11-12,27-28H2,1H3. The summed E-state index contributed by atoms with van der Waals surface area (Å²) in [5.74, 6) is 0.828. The van der Waals surface area contributed by atoms with Crippen molar-refractivity contribution in [1.82, 2.24) is 0 Å². The molecule has 0 radical (unpaired) electrons. The molecule has 0 bridgehead atoms. The first-order chi connectivity index (χ1) is 15.5. The van der Waals surface area contributed by atoms with Gasteiger partial charge in [-0.05, 0) is 36.2 Å². The lowest BCUT2D eigenvalue weighted by Gasteiger charge is -2.08. The molecule has 6 heteroatoms. The monoisotopic (exact) mass is 430 g/mol. The molecule has 4 aromatic rings. The fourth-order valence-electron chi connectivity index (χ4n) is 3.76. The lowest BCUT2D eigenvalue weighted by molar-refractivity contribution is 0.103. The number of nitrogen functional groups attached to an aromatic ring is 2. The lowest BCUT2D eigenvalue weighted by Crippen LogP contribution is -2.06. The summed E-state index contributed by atoms with van der Waals surface area (Å²) < 4.78 is 12.0. The molecular formula is C26H26N2O4. The Morgan fingerprint density at radius 2 is 1.72 bits per heavy atom. The molecule has 0 saturated carbocycles. The summed E-state index contributed by atoms with van der Waals surface area (Å²) in [6.45, 7) is 2.56. The smallest absolute Gasteiger partial charge is 0.197 e. The van der Waals surface area contributed by atoms with E-state index in [1.54, 1.807) is 0 Å². The fourth-order valence-corrected chi connectivity index (χ4v) is 3.76. The molecular weight excluding hydrogens is 404 g/mol. The van der Waals surface area contributed by atoms with Crippen LogP contribution in [0.25, 0.3) is 11.0 Å². The van der Waals surface area contributed by atoms with E-state index < -0.39 is 0 Å². The van der Waals surface area contributed by atoms with E-state index in [2.05, 4.69) is 12.1 Å². The summed E-state index contributed by atoms with van der Waals surface area (Å²) in [4.78, 5) is 13.4. The summed E-state index contributed by atoms with van der Waals surface area (Å²) in [6, 6.07) is 18.5. The van der Waals surface area contributed by atoms with Gasteiger partial charge in [-0.1, -0.05) is 37.3 Å². The van der Waals surface area contributed by atoms with Gasteiger partial charge in [-0.25, -0.2) is 0 Å². The first kappa shape index (κ1) is 21.3. The molecule has 3 aromatic carbocycles. The molecule has 0 amide bonds. The number of ether oxygens (including phenoxy) is 1. The highest BCUT2D eigenvalue weighted by molar-refractivity contribution is 6.17. The van der Waals surface area contributed by atoms with Crippen LogP contribution in [0.1, 0.15) is 40.6 Å². The molecule has 0 fully saturated rings. The molecule has 5 N–H and O–H groups in total. The number of anilines is 2. The highest BCUT2D eigenvalue weighted by Gasteiger charge is 2.23. The van der Waals surface area contributed by atoms with Crippen molar-refractivity contribution in [3.63, 3.8) is 0 Å². The van der Waals surface area contributed by atoms with Crippen molar-refractivity contribution in [2.24, 2.45) is 0 Å². The van der Waals surface area contributed by atoms with Gasteiger partial charge < -0.3 is 25.7 Å². The number of benzene rings is 3. The highest BCUT2D eigenvalue weighted by Crippen LogP contribution is 2.34. The predicted molar refractivity (Wildman–Crippen MR) is 126 cm³/mol. The summed E-state index contributed by atoms with van der Waals surface area (Å²) in [6.07, 6.45) is 2.23. The molecule has 32 heavy (non-hydrogen) atoms. The summed E-state index contributed by atoms with van der Waals surface area (Å²) >= 11 is 0. The van der Waals surface area contributed by atoms with E-state index in [1.165, 1.54) is 17.7 Å². The zero-order valence-electron chi connectivity index (χ0n) is 17.9. The second kappa shape index (κ2) is 9.06. The van der Waals surface area contributed by atoms with Gasteiger partial charge in [0.15, 0.2) is 11.5 Å². The lowest BCUT2D eigenvalue weighted by atomic mass is 9.97. The van der Waals surface area contributed by atoms with Crippen LogP contribution in [0.3, 0.4) is 0 Å². The second-order valence-electron chi connectivity index (χ2n) is 7.72. The summed E-state index contributed by atoms with van der Waals surface area (Å²) in [7, 11) is 0. The molecule has 6 nitrogen and oxygen atoms in total. The number of ketones is 1. The van der Waals surface area contributed by atoms with Crippen molar-refractivity contribution >= 4 is 28.1 Å². The van der Waals surface area contributed by atoms with Gasteiger partial charge in [0.2, 0.25) is 0 Å². The number of phenols is 1. The van der Waals surface area contributed by atoms with Crippen LogP contribution in [0.5, 0.6) is 11.5 Å². The van der Waals surface area contributed by atoms with E-state index >= 15 is 0 Å².